The van der Waals surface area contributed by atoms with Crippen LogP contribution in [0.2, 0.25) is 0 Å². The summed E-state index contributed by atoms with van der Waals surface area (Å²) < 4.78 is 38.0. The van der Waals surface area contributed by atoms with E-state index in [1.54, 1.807) is 30.7 Å². The normalized spacial score (nSPS) is 12.6. The molecule has 28 heavy (non-hydrogen) atoms. The molecule has 2 N–H and O–H groups in total. The SMILES string of the molecule is CCC(C(=N)C(=O)c1ccc(C(F)(F)F)cc1)c1ncc(-c2ccncc2)[nH]1. The Balaban J connectivity index is 1.82. The molecular formula is C20H17F3N4O. The van der Waals surface area contributed by atoms with Gasteiger partial charge in [-0.2, -0.15) is 13.2 Å². The summed E-state index contributed by atoms with van der Waals surface area (Å²) >= 11 is 0. The van der Waals surface area contributed by atoms with Crippen molar-refractivity contribution < 1.29 is 18.0 Å². The second-order valence-electron chi connectivity index (χ2n) is 6.20. The van der Waals surface area contributed by atoms with Crippen LogP contribution in [-0.4, -0.2) is 26.4 Å². The third-order valence-corrected chi connectivity index (χ3v) is 4.39. The molecule has 8 heteroatoms. The first kappa shape index (κ1) is 19.5. The van der Waals surface area contributed by atoms with Crippen LogP contribution in [-0.2, 0) is 6.18 Å². The molecule has 0 fully saturated rings. The number of Topliss-reactive ketones (excluding diaryl/α,β-unsaturated/α-hetero) is 1. The molecule has 0 aliphatic carbocycles. The van der Waals surface area contributed by atoms with Crippen molar-refractivity contribution in [2.75, 3.05) is 0 Å². The van der Waals surface area contributed by atoms with Crippen LogP contribution in [0.3, 0.4) is 0 Å². The average Bonchev–Trinajstić information content (AvgIpc) is 3.18. The minimum Gasteiger partial charge on any atom is -0.341 e. The molecule has 0 amide bonds. The molecule has 0 radical (unpaired) electrons. The Labute approximate surface area is 159 Å². The van der Waals surface area contributed by atoms with Crippen LogP contribution >= 0.6 is 0 Å². The monoisotopic (exact) mass is 386 g/mol. The minimum atomic E-state index is -4.47. The molecule has 0 aliphatic heterocycles. The second kappa shape index (κ2) is 7.75. The van der Waals surface area contributed by atoms with Gasteiger partial charge in [0.25, 0.3) is 0 Å². The Kier molecular flexibility index (Phi) is 5.39. The zero-order chi connectivity index (χ0) is 20.3. The van der Waals surface area contributed by atoms with Gasteiger partial charge >= 0.3 is 6.18 Å². The molecule has 2 heterocycles. The fourth-order valence-corrected chi connectivity index (χ4v) is 2.85. The van der Waals surface area contributed by atoms with Gasteiger partial charge in [0.2, 0.25) is 5.78 Å². The van der Waals surface area contributed by atoms with Crippen LogP contribution in [0.15, 0.2) is 55.0 Å². The first-order valence-electron chi connectivity index (χ1n) is 8.57. The molecule has 144 valence electrons. The quantitative estimate of drug-likeness (QED) is 0.468. The van der Waals surface area contributed by atoms with Crippen molar-refractivity contribution in [2.45, 2.75) is 25.4 Å². The number of nitrogens with zero attached hydrogens (tertiary/aromatic N) is 2. The number of hydrogen-bond donors (Lipinski definition) is 2. The van der Waals surface area contributed by atoms with Gasteiger partial charge in [-0.25, -0.2) is 4.98 Å². The fraction of sp³-hybridized carbons (Fsp3) is 0.200. The molecule has 0 saturated carbocycles. The predicted molar refractivity (Wildman–Crippen MR) is 98.4 cm³/mol. The number of halogens is 3. The van der Waals surface area contributed by atoms with E-state index in [4.69, 9.17) is 5.41 Å². The molecule has 3 rings (SSSR count). The van der Waals surface area contributed by atoms with E-state index in [1.807, 2.05) is 6.92 Å². The Morgan fingerprint density at radius 1 is 1.14 bits per heavy atom. The van der Waals surface area contributed by atoms with Gasteiger partial charge in [-0.15, -0.1) is 0 Å². The lowest BCUT2D eigenvalue weighted by atomic mass is 9.92. The molecule has 0 bridgehead atoms. The summed E-state index contributed by atoms with van der Waals surface area (Å²) in [5.41, 5.74) is 0.570. The molecule has 3 aromatic rings. The van der Waals surface area contributed by atoms with Crippen LogP contribution in [0.1, 0.15) is 41.0 Å². The largest absolute Gasteiger partial charge is 0.416 e. The maximum absolute atomic E-state index is 12.7. The molecule has 1 atom stereocenters. The summed E-state index contributed by atoms with van der Waals surface area (Å²) in [5, 5.41) is 8.28. The molecule has 1 aromatic carbocycles. The highest BCUT2D eigenvalue weighted by atomic mass is 19.4. The van der Waals surface area contributed by atoms with Crippen LogP contribution in [0.5, 0.6) is 0 Å². The smallest absolute Gasteiger partial charge is 0.341 e. The number of nitrogens with one attached hydrogen (secondary N) is 2. The number of rotatable bonds is 6. The number of pyridine rings is 1. The average molecular weight is 386 g/mol. The summed E-state index contributed by atoms with van der Waals surface area (Å²) in [4.78, 5) is 24.0. The van der Waals surface area contributed by atoms with Crippen molar-refractivity contribution in [3.63, 3.8) is 0 Å². The standard InChI is InChI=1S/C20H17F3N4O/c1-2-15(19-26-11-16(27-19)12-7-9-25-10-8-12)17(24)18(28)13-3-5-14(6-4-13)20(21,22)23/h3-11,15,24H,2H2,1H3,(H,26,27). The highest BCUT2D eigenvalue weighted by molar-refractivity contribution is 6.46. The zero-order valence-corrected chi connectivity index (χ0v) is 14.9. The van der Waals surface area contributed by atoms with E-state index in [0.29, 0.717) is 12.2 Å². The number of aromatic amines is 1. The molecule has 5 nitrogen and oxygen atoms in total. The topological polar surface area (TPSA) is 82.5 Å². The third kappa shape index (κ3) is 4.00. The van der Waals surface area contributed by atoms with Gasteiger partial charge in [0.05, 0.1) is 29.1 Å². The Morgan fingerprint density at radius 2 is 1.79 bits per heavy atom. The third-order valence-electron chi connectivity index (χ3n) is 4.39. The summed E-state index contributed by atoms with van der Waals surface area (Å²) in [5.74, 6) is -0.757. The van der Waals surface area contributed by atoms with E-state index in [0.717, 1.165) is 35.5 Å². The van der Waals surface area contributed by atoms with E-state index in [1.165, 1.54) is 0 Å². The summed E-state index contributed by atoms with van der Waals surface area (Å²) in [6.07, 6.45) is 0.864. The van der Waals surface area contributed by atoms with Gasteiger partial charge in [-0.05, 0) is 30.7 Å². The summed E-state index contributed by atoms with van der Waals surface area (Å²) in [6.45, 7) is 1.81. The van der Waals surface area contributed by atoms with Gasteiger partial charge in [-0.3, -0.25) is 9.78 Å². The van der Waals surface area contributed by atoms with E-state index < -0.39 is 23.4 Å². The highest BCUT2D eigenvalue weighted by Gasteiger charge is 2.31. The van der Waals surface area contributed by atoms with Crippen molar-refractivity contribution in [3.05, 3.63) is 71.9 Å². The lowest BCUT2D eigenvalue weighted by Crippen LogP contribution is -2.22. The van der Waals surface area contributed by atoms with Crippen LogP contribution in [0, 0.1) is 5.41 Å². The van der Waals surface area contributed by atoms with Crippen molar-refractivity contribution in [1.29, 1.82) is 5.41 Å². The zero-order valence-electron chi connectivity index (χ0n) is 14.9. The van der Waals surface area contributed by atoms with Crippen LogP contribution in [0.4, 0.5) is 13.2 Å². The maximum atomic E-state index is 12.7. The Morgan fingerprint density at radius 3 is 2.36 bits per heavy atom. The van der Waals surface area contributed by atoms with Gasteiger partial charge < -0.3 is 10.4 Å². The van der Waals surface area contributed by atoms with Gasteiger partial charge in [0.1, 0.15) is 5.82 Å². The van der Waals surface area contributed by atoms with E-state index in [2.05, 4.69) is 15.0 Å². The first-order valence-corrected chi connectivity index (χ1v) is 8.57. The van der Waals surface area contributed by atoms with Crippen LogP contribution in [0.25, 0.3) is 11.3 Å². The molecule has 1 unspecified atom stereocenters. The van der Waals surface area contributed by atoms with Crippen molar-refractivity contribution in [3.8, 4) is 11.3 Å². The molecule has 0 aliphatic rings. The van der Waals surface area contributed by atoms with Crippen molar-refractivity contribution in [1.82, 2.24) is 15.0 Å². The minimum absolute atomic E-state index is 0.0392. The lowest BCUT2D eigenvalue weighted by molar-refractivity contribution is -0.137. The molecule has 0 saturated heterocycles. The predicted octanol–water partition coefficient (Wildman–Crippen LogP) is 4.89. The Hall–Kier alpha value is -3.29. The maximum Gasteiger partial charge on any atom is 0.416 e. The Bertz CT molecular complexity index is 979. The van der Waals surface area contributed by atoms with E-state index in [9.17, 15) is 18.0 Å². The summed E-state index contributed by atoms with van der Waals surface area (Å²) in [7, 11) is 0. The van der Waals surface area contributed by atoms with Gasteiger partial charge in [0.15, 0.2) is 0 Å². The number of ketones is 1. The fourth-order valence-electron chi connectivity index (χ4n) is 2.85. The number of imidazole rings is 1. The molecular weight excluding hydrogens is 369 g/mol. The number of hydrogen-bond acceptors (Lipinski definition) is 4. The number of alkyl halides is 3. The lowest BCUT2D eigenvalue weighted by Gasteiger charge is -2.14. The van der Waals surface area contributed by atoms with Gasteiger partial charge in [0, 0.05) is 23.5 Å². The second-order valence-corrected chi connectivity index (χ2v) is 6.20. The first-order chi connectivity index (χ1) is 13.3. The summed E-state index contributed by atoms with van der Waals surface area (Å²) in [6, 6.07) is 7.48. The number of carbonyl (C=O) groups is 1. The van der Waals surface area contributed by atoms with E-state index in [-0.39, 0.29) is 11.3 Å². The number of H-pyrrole nitrogens is 1. The molecule has 2 aromatic heterocycles. The number of carbonyl (C=O) groups excluding carboxylic acids is 1. The van der Waals surface area contributed by atoms with Crippen LogP contribution < -0.4 is 0 Å². The number of benzene rings is 1. The molecule has 0 spiro atoms. The van der Waals surface area contributed by atoms with Crippen molar-refractivity contribution >= 4 is 11.5 Å². The van der Waals surface area contributed by atoms with Gasteiger partial charge in [-0.1, -0.05) is 19.1 Å². The van der Waals surface area contributed by atoms with Crippen molar-refractivity contribution in [2.24, 2.45) is 0 Å². The number of aromatic nitrogens is 3. The van der Waals surface area contributed by atoms with E-state index >= 15 is 0 Å². The highest BCUT2D eigenvalue weighted by Crippen LogP contribution is 2.30.